The smallest absolute Gasteiger partial charge is 0.219 e. The molecule has 1 amide bonds. The van der Waals surface area contributed by atoms with Gasteiger partial charge in [-0.15, -0.1) is 0 Å². The van der Waals surface area contributed by atoms with Crippen molar-refractivity contribution in [2.45, 2.75) is 19.8 Å². The Hall–Kier alpha value is -1.56. The lowest BCUT2D eigenvalue weighted by atomic mass is 10.1. The highest BCUT2D eigenvalue weighted by Crippen LogP contribution is 2.31. The third kappa shape index (κ3) is 4.55. The van der Waals surface area contributed by atoms with E-state index in [1.807, 2.05) is 0 Å². The molecule has 0 saturated carbocycles. The topological polar surface area (TPSA) is 81.4 Å². The quantitative estimate of drug-likeness (QED) is 0.476. The van der Waals surface area contributed by atoms with Crippen LogP contribution in [0.15, 0.2) is 16.6 Å². The van der Waals surface area contributed by atoms with E-state index in [1.165, 1.54) is 6.92 Å². The van der Waals surface area contributed by atoms with Crippen molar-refractivity contribution in [2.24, 2.45) is 0 Å². The van der Waals surface area contributed by atoms with Gasteiger partial charge in [0.1, 0.15) is 0 Å². The summed E-state index contributed by atoms with van der Waals surface area (Å²) in [7, 11) is 1.59. The summed E-state index contributed by atoms with van der Waals surface area (Å²) in [5, 5.41) is 2.53. The molecular formula is C13H17BrN2O3. The molecule has 0 aromatic heterocycles. The zero-order valence-electron chi connectivity index (χ0n) is 11.0. The molecule has 0 unspecified atom stereocenters. The predicted octanol–water partition coefficient (Wildman–Crippen LogP) is 2.14. The molecule has 104 valence electrons. The number of halogens is 1. The maximum Gasteiger partial charge on any atom is 0.219 e. The van der Waals surface area contributed by atoms with E-state index in [4.69, 9.17) is 10.5 Å². The van der Waals surface area contributed by atoms with Gasteiger partial charge < -0.3 is 15.8 Å². The van der Waals surface area contributed by atoms with Crippen molar-refractivity contribution in [3.8, 4) is 5.75 Å². The molecule has 0 radical (unpaired) electrons. The van der Waals surface area contributed by atoms with E-state index in [-0.39, 0.29) is 11.7 Å². The third-order valence-electron chi connectivity index (χ3n) is 2.54. The van der Waals surface area contributed by atoms with Gasteiger partial charge in [0.05, 0.1) is 17.9 Å². The van der Waals surface area contributed by atoms with Crippen LogP contribution in [0.4, 0.5) is 5.69 Å². The summed E-state index contributed by atoms with van der Waals surface area (Å²) < 4.78 is 6.26. The first-order valence-corrected chi connectivity index (χ1v) is 6.68. The van der Waals surface area contributed by atoms with Crippen LogP contribution in [0, 0.1) is 0 Å². The summed E-state index contributed by atoms with van der Waals surface area (Å²) in [5.74, 6) is 0.223. The Morgan fingerprint density at radius 3 is 2.68 bits per heavy atom. The van der Waals surface area contributed by atoms with Gasteiger partial charge >= 0.3 is 0 Å². The summed E-state index contributed by atoms with van der Waals surface area (Å²) in [5.41, 5.74) is 6.68. The van der Waals surface area contributed by atoms with Crippen LogP contribution in [0.2, 0.25) is 0 Å². The van der Waals surface area contributed by atoms with Crippen molar-refractivity contribution in [3.05, 3.63) is 22.2 Å². The number of nitrogens with two attached hydrogens (primary N) is 1. The molecule has 0 bridgehead atoms. The lowest BCUT2D eigenvalue weighted by Gasteiger charge is -2.13. The summed E-state index contributed by atoms with van der Waals surface area (Å²) >= 11 is 3.28. The molecule has 6 heteroatoms. The fraction of sp³-hybridized carbons (Fsp3) is 0.385. The van der Waals surface area contributed by atoms with Gasteiger partial charge in [0.15, 0.2) is 11.5 Å². The number of amides is 1. The SMILES string of the molecule is CNC(=O)CCCOc1c(N)cc(Br)cc1C(C)=O. The van der Waals surface area contributed by atoms with Crippen LogP contribution in [0.5, 0.6) is 5.75 Å². The van der Waals surface area contributed by atoms with Gasteiger partial charge in [-0.2, -0.15) is 0 Å². The molecule has 1 aromatic carbocycles. The Kier molecular flexibility index (Phi) is 5.82. The van der Waals surface area contributed by atoms with Crippen LogP contribution in [0.25, 0.3) is 0 Å². The van der Waals surface area contributed by atoms with E-state index in [0.717, 1.165) is 4.47 Å². The minimum atomic E-state index is -0.116. The summed E-state index contributed by atoms with van der Waals surface area (Å²) in [6.45, 7) is 1.79. The van der Waals surface area contributed by atoms with Gasteiger partial charge in [0.25, 0.3) is 0 Å². The molecule has 5 nitrogen and oxygen atoms in total. The van der Waals surface area contributed by atoms with Gasteiger partial charge in [-0.3, -0.25) is 9.59 Å². The summed E-state index contributed by atoms with van der Waals surface area (Å²) in [6, 6.07) is 3.35. The Bertz CT molecular complexity index is 489. The minimum Gasteiger partial charge on any atom is -0.491 e. The zero-order chi connectivity index (χ0) is 14.4. The van der Waals surface area contributed by atoms with Gasteiger partial charge in [-0.1, -0.05) is 15.9 Å². The standard InChI is InChI=1S/C13H17BrN2O3/c1-8(17)10-6-9(14)7-11(15)13(10)19-5-3-4-12(18)16-2/h6-7H,3-5,15H2,1-2H3,(H,16,18). The highest BCUT2D eigenvalue weighted by molar-refractivity contribution is 9.10. The van der Waals surface area contributed by atoms with Crippen molar-refractivity contribution < 1.29 is 14.3 Å². The van der Waals surface area contributed by atoms with Gasteiger partial charge in [0, 0.05) is 17.9 Å². The maximum absolute atomic E-state index is 11.5. The number of carbonyl (C=O) groups excluding carboxylic acids is 2. The number of Topliss-reactive ketones (excluding diaryl/α,β-unsaturated/α-hetero) is 1. The van der Waals surface area contributed by atoms with Crippen LogP contribution >= 0.6 is 15.9 Å². The number of hydrogen-bond acceptors (Lipinski definition) is 4. The number of anilines is 1. The van der Waals surface area contributed by atoms with E-state index in [0.29, 0.717) is 36.4 Å². The van der Waals surface area contributed by atoms with Gasteiger partial charge in [-0.25, -0.2) is 0 Å². The van der Waals surface area contributed by atoms with E-state index < -0.39 is 0 Å². The predicted molar refractivity (Wildman–Crippen MR) is 77.4 cm³/mol. The average molecular weight is 329 g/mol. The number of benzene rings is 1. The number of ketones is 1. The summed E-state index contributed by atoms with van der Waals surface area (Å²) in [4.78, 5) is 22.6. The molecule has 0 fully saturated rings. The lowest BCUT2D eigenvalue weighted by Crippen LogP contribution is -2.18. The molecular weight excluding hydrogens is 312 g/mol. The number of carbonyl (C=O) groups is 2. The Morgan fingerprint density at radius 2 is 2.11 bits per heavy atom. The van der Waals surface area contributed by atoms with E-state index in [2.05, 4.69) is 21.2 Å². The molecule has 3 N–H and O–H groups in total. The molecule has 0 spiro atoms. The maximum atomic E-state index is 11.5. The van der Waals surface area contributed by atoms with E-state index >= 15 is 0 Å². The fourth-order valence-electron chi connectivity index (χ4n) is 1.57. The largest absolute Gasteiger partial charge is 0.491 e. The number of rotatable bonds is 6. The van der Waals surface area contributed by atoms with Crippen LogP contribution in [0.1, 0.15) is 30.1 Å². The molecule has 1 aromatic rings. The number of ether oxygens (including phenoxy) is 1. The minimum absolute atomic E-state index is 0.0424. The van der Waals surface area contributed by atoms with Crippen LogP contribution in [-0.2, 0) is 4.79 Å². The Labute approximate surface area is 120 Å². The van der Waals surface area contributed by atoms with Crippen molar-refractivity contribution in [2.75, 3.05) is 19.4 Å². The third-order valence-corrected chi connectivity index (χ3v) is 2.99. The highest BCUT2D eigenvalue weighted by atomic mass is 79.9. The number of hydrogen-bond donors (Lipinski definition) is 2. The van der Waals surface area contributed by atoms with Crippen LogP contribution in [0.3, 0.4) is 0 Å². The monoisotopic (exact) mass is 328 g/mol. The second-order valence-electron chi connectivity index (χ2n) is 4.05. The Morgan fingerprint density at radius 1 is 1.42 bits per heavy atom. The van der Waals surface area contributed by atoms with Crippen molar-refractivity contribution in [3.63, 3.8) is 0 Å². The van der Waals surface area contributed by atoms with Gasteiger partial charge in [-0.05, 0) is 25.5 Å². The van der Waals surface area contributed by atoms with Crippen molar-refractivity contribution >= 4 is 33.3 Å². The van der Waals surface area contributed by atoms with Crippen LogP contribution < -0.4 is 15.8 Å². The molecule has 0 aliphatic heterocycles. The molecule has 0 heterocycles. The molecule has 0 aliphatic carbocycles. The number of nitrogen functional groups attached to an aromatic ring is 1. The summed E-state index contributed by atoms with van der Waals surface area (Å²) in [6.07, 6.45) is 0.939. The first-order valence-electron chi connectivity index (χ1n) is 5.89. The van der Waals surface area contributed by atoms with Crippen molar-refractivity contribution in [1.29, 1.82) is 0 Å². The molecule has 1 rings (SSSR count). The first kappa shape index (κ1) is 15.5. The van der Waals surface area contributed by atoms with E-state index in [9.17, 15) is 9.59 Å². The average Bonchev–Trinajstić information content (AvgIpc) is 2.35. The lowest BCUT2D eigenvalue weighted by molar-refractivity contribution is -0.120. The number of nitrogens with one attached hydrogen (secondary N) is 1. The van der Waals surface area contributed by atoms with Crippen molar-refractivity contribution in [1.82, 2.24) is 5.32 Å². The molecule has 0 saturated heterocycles. The normalized spacial score (nSPS) is 10.1. The fourth-order valence-corrected chi connectivity index (χ4v) is 2.04. The Balaban J connectivity index is 2.72. The second kappa shape index (κ2) is 7.13. The molecule has 0 atom stereocenters. The van der Waals surface area contributed by atoms with Crippen LogP contribution in [-0.4, -0.2) is 25.3 Å². The first-order chi connectivity index (χ1) is 8.95. The zero-order valence-corrected chi connectivity index (χ0v) is 12.5. The molecule has 0 aliphatic rings. The second-order valence-corrected chi connectivity index (χ2v) is 4.97. The van der Waals surface area contributed by atoms with Gasteiger partial charge in [0.2, 0.25) is 5.91 Å². The highest BCUT2D eigenvalue weighted by Gasteiger charge is 2.13. The molecule has 19 heavy (non-hydrogen) atoms. The van der Waals surface area contributed by atoms with E-state index in [1.54, 1.807) is 19.2 Å².